The highest BCUT2D eigenvalue weighted by atomic mass is 35.5. The number of methoxy groups -OCH3 is 1. The van der Waals surface area contributed by atoms with Gasteiger partial charge in [0.1, 0.15) is 12.4 Å². The molecule has 0 aliphatic heterocycles. The first-order valence-corrected chi connectivity index (χ1v) is 9.49. The molecule has 2 rings (SSSR count). The Bertz CT molecular complexity index is 759. The number of nitrogens with one attached hydrogen (secondary N) is 1. The van der Waals surface area contributed by atoms with Gasteiger partial charge >= 0.3 is 5.97 Å². The van der Waals surface area contributed by atoms with Crippen LogP contribution in [0.15, 0.2) is 60.7 Å². The number of aliphatic hydroxyl groups excluding tert-OH is 1. The summed E-state index contributed by atoms with van der Waals surface area (Å²) in [5.41, 5.74) is 2.00. The van der Waals surface area contributed by atoms with Crippen LogP contribution in [0.3, 0.4) is 0 Å². The van der Waals surface area contributed by atoms with Crippen LogP contribution in [0.4, 0.5) is 0 Å². The highest BCUT2D eigenvalue weighted by Gasteiger charge is 2.10. The minimum Gasteiger partial charge on any atom is -0.490 e. The first-order chi connectivity index (χ1) is 13.5. The Kier molecular flexibility index (Phi) is 9.01. The van der Waals surface area contributed by atoms with E-state index in [-0.39, 0.29) is 6.04 Å². The van der Waals surface area contributed by atoms with Gasteiger partial charge in [-0.3, -0.25) is 0 Å². The summed E-state index contributed by atoms with van der Waals surface area (Å²) in [5.74, 6) is 0.332. The number of esters is 1. The van der Waals surface area contributed by atoms with Crippen LogP contribution < -0.4 is 10.1 Å². The van der Waals surface area contributed by atoms with Crippen molar-refractivity contribution in [2.24, 2.45) is 0 Å². The van der Waals surface area contributed by atoms with Crippen molar-refractivity contribution in [3.63, 3.8) is 0 Å². The van der Waals surface area contributed by atoms with Gasteiger partial charge in [-0.2, -0.15) is 0 Å². The highest BCUT2D eigenvalue weighted by Crippen LogP contribution is 2.17. The molecule has 0 aromatic heterocycles. The maximum atomic E-state index is 11.0. The molecule has 28 heavy (non-hydrogen) atoms. The van der Waals surface area contributed by atoms with E-state index in [1.165, 1.54) is 18.7 Å². The molecule has 2 atom stereocenters. The molecule has 5 nitrogen and oxygen atoms in total. The van der Waals surface area contributed by atoms with E-state index in [0.717, 1.165) is 17.7 Å². The summed E-state index contributed by atoms with van der Waals surface area (Å²) in [6.45, 7) is 2.85. The van der Waals surface area contributed by atoms with Gasteiger partial charge in [0.15, 0.2) is 0 Å². The molecule has 2 unspecified atom stereocenters. The summed E-state index contributed by atoms with van der Waals surface area (Å²) in [5, 5.41) is 14.3. The second-order valence-electron chi connectivity index (χ2n) is 6.46. The van der Waals surface area contributed by atoms with Gasteiger partial charge in [0, 0.05) is 23.7 Å². The molecule has 0 aliphatic carbocycles. The molecule has 0 amide bonds. The minimum atomic E-state index is -0.575. The van der Waals surface area contributed by atoms with Crippen LogP contribution in [-0.4, -0.2) is 37.4 Å². The Hall–Kier alpha value is -2.34. The number of ether oxygens (including phenoxy) is 2. The zero-order valence-electron chi connectivity index (χ0n) is 16.1. The predicted octanol–water partition coefficient (Wildman–Crippen LogP) is 3.70. The van der Waals surface area contributed by atoms with Crippen LogP contribution in [-0.2, 0) is 16.0 Å². The van der Waals surface area contributed by atoms with E-state index in [4.69, 9.17) is 16.3 Å². The molecule has 0 heterocycles. The molecule has 0 saturated carbocycles. The second-order valence-corrected chi connectivity index (χ2v) is 6.90. The standard InChI is InChI=1S/C22H26ClNO4/c1-16(24-15-21(25)18-7-9-19(23)10-8-18)14-17-5-11-20(12-6-17)28-13-3-4-22(26)27-2/h3-12,16,21,24-25H,13-15H2,1-2H3. The van der Waals surface area contributed by atoms with E-state index >= 15 is 0 Å². The average molecular weight is 404 g/mol. The largest absolute Gasteiger partial charge is 0.490 e. The Morgan fingerprint density at radius 1 is 1.18 bits per heavy atom. The van der Waals surface area contributed by atoms with Gasteiger partial charge < -0.3 is 19.9 Å². The summed E-state index contributed by atoms with van der Waals surface area (Å²) < 4.78 is 10.1. The van der Waals surface area contributed by atoms with Crippen LogP contribution in [0.5, 0.6) is 5.75 Å². The molecule has 6 heteroatoms. The fraction of sp³-hybridized carbons (Fsp3) is 0.318. The monoisotopic (exact) mass is 403 g/mol. The minimum absolute atomic E-state index is 0.205. The molecule has 0 spiro atoms. The number of carbonyl (C=O) groups is 1. The van der Waals surface area contributed by atoms with Crippen molar-refractivity contribution in [3.05, 3.63) is 76.8 Å². The summed E-state index contributed by atoms with van der Waals surface area (Å²) in [6.07, 6.45) is 3.20. The van der Waals surface area contributed by atoms with Crippen molar-refractivity contribution >= 4 is 17.6 Å². The first-order valence-electron chi connectivity index (χ1n) is 9.11. The lowest BCUT2D eigenvalue weighted by Gasteiger charge is -2.18. The van der Waals surface area contributed by atoms with E-state index < -0.39 is 12.1 Å². The molecular weight excluding hydrogens is 378 g/mol. The van der Waals surface area contributed by atoms with Crippen LogP contribution in [0, 0.1) is 0 Å². The molecule has 0 aliphatic rings. The Morgan fingerprint density at radius 3 is 2.50 bits per heavy atom. The molecule has 2 aromatic rings. The SMILES string of the molecule is COC(=O)C=CCOc1ccc(CC(C)NCC(O)c2ccc(Cl)cc2)cc1. The molecule has 2 N–H and O–H groups in total. The number of carbonyl (C=O) groups excluding carboxylic acids is 1. The summed E-state index contributed by atoms with van der Waals surface area (Å²) >= 11 is 5.87. The number of halogens is 1. The average Bonchev–Trinajstić information content (AvgIpc) is 2.71. The van der Waals surface area contributed by atoms with Crippen LogP contribution in [0.2, 0.25) is 5.02 Å². The Labute approximate surface area is 170 Å². The molecule has 150 valence electrons. The smallest absolute Gasteiger partial charge is 0.330 e. The zero-order valence-corrected chi connectivity index (χ0v) is 16.9. The maximum Gasteiger partial charge on any atom is 0.330 e. The van der Waals surface area contributed by atoms with Crippen molar-refractivity contribution in [2.45, 2.75) is 25.5 Å². The lowest BCUT2D eigenvalue weighted by molar-refractivity contribution is -0.134. The third-order valence-corrected chi connectivity index (χ3v) is 4.43. The van der Waals surface area contributed by atoms with Gasteiger partial charge in [-0.25, -0.2) is 4.79 Å². The molecule has 0 radical (unpaired) electrons. The lowest BCUT2D eigenvalue weighted by Crippen LogP contribution is -2.32. The topological polar surface area (TPSA) is 67.8 Å². The van der Waals surface area contributed by atoms with Gasteiger partial charge in [-0.05, 0) is 54.8 Å². The van der Waals surface area contributed by atoms with E-state index in [9.17, 15) is 9.90 Å². The van der Waals surface area contributed by atoms with Gasteiger partial charge in [-0.1, -0.05) is 35.9 Å². The number of rotatable bonds is 10. The number of hydrogen-bond donors (Lipinski definition) is 2. The molecule has 0 bridgehead atoms. The van der Waals surface area contributed by atoms with E-state index in [2.05, 4.69) is 17.0 Å². The molecule has 0 fully saturated rings. The third-order valence-electron chi connectivity index (χ3n) is 4.18. The second kappa shape index (κ2) is 11.5. The van der Waals surface area contributed by atoms with Gasteiger partial charge in [0.2, 0.25) is 0 Å². The van der Waals surface area contributed by atoms with Crippen LogP contribution in [0.1, 0.15) is 24.2 Å². The lowest BCUT2D eigenvalue weighted by atomic mass is 10.1. The van der Waals surface area contributed by atoms with Gasteiger partial charge in [0.25, 0.3) is 0 Å². The third kappa shape index (κ3) is 7.72. The van der Waals surface area contributed by atoms with Crippen molar-refractivity contribution in [2.75, 3.05) is 20.3 Å². The summed E-state index contributed by atoms with van der Waals surface area (Å²) in [6, 6.07) is 15.2. The van der Waals surface area contributed by atoms with Crippen LogP contribution >= 0.6 is 11.6 Å². The number of hydrogen-bond acceptors (Lipinski definition) is 5. The van der Waals surface area contributed by atoms with Crippen LogP contribution in [0.25, 0.3) is 0 Å². The van der Waals surface area contributed by atoms with E-state index in [1.807, 2.05) is 36.4 Å². The Morgan fingerprint density at radius 2 is 1.86 bits per heavy atom. The quantitative estimate of drug-likeness (QED) is 0.467. The van der Waals surface area contributed by atoms with Crippen molar-refractivity contribution in [3.8, 4) is 5.75 Å². The van der Waals surface area contributed by atoms with E-state index in [0.29, 0.717) is 18.2 Å². The molecular formula is C22H26ClNO4. The fourth-order valence-electron chi connectivity index (χ4n) is 2.62. The summed E-state index contributed by atoms with van der Waals surface area (Å²) in [4.78, 5) is 11.0. The summed E-state index contributed by atoms with van der Waals surface area (Å²) in [7, 11) is 1.33. The predicted molar refractivity (Wildman–Crippen MR) is 111 cm³/mol. The maximum absolute atomic E-state index is 11.0. The number of benzene rings is 2. The molecule has 0 saturated heterocycles. The highest BCUT2D eigenvalue weighted by molar-refractivity contribution is 6.30. The molecule has 2 aromatic carbocycles. The van der Waals surface area contributed by atoms with Gasteiger partial charge in [0.05, 0.1) is 13.2 Å². The fourth-order valence-corrected chi connectivity index (χ4v) is 2.75. The van der Waals surface area contributed by atoms with E-state index in [1.54, 1.807) is 18.2 Å². The number of aliphatic hydroxyl groups is 1. The van der Waals surface area contributed by atoms with Crippen molar-refractivity contribution < 1.29 is 19.4 Å². The zero-order chi connectivity index (χ0) is 20.4. The van der Waals surface area contributed by atoms with Gasteiger partial charge in [-0.15, -0.1) is 0 Å². The first kappa shape index (κ1) is 22.0. The normalized spacial score (nSPS) is 13.3. The Balaban J connectivity index is 1.74. The van der Waals surface area contributed by atoms with Crippen molar-refractivity contribution in [1.82, 2.24) is 5.32 Å². The van der Waals surface area contributed by atoms with Crippen molar-refractivity contribution in [1.29, 1.82) is 0 Å².